The summed E-state index contributed by atoms with van der Waals surface area (Å²) in [5.74, 6) is 0.211. The molecule has 2 heterocycles. The van der Waals surface area contributed by atoms with Crippen molar-refractivity contribution in [1.82, 2.24) is 24.5 Å². The van der Waals surface area contributed by atoms with Gasteiger partial charge in [0.15, 0.2) is 0 Å². The van der Waals surface area contributed by atoms with E-state index in [-0.39, 0.29) is 11.9 Å². The molecule has 0 radical (unpaired) electrons. The summed E-state index contributed by atoms with van der Waals surface area (Å²) in [6.07, 6.45) is 0. The number of piperazine rings is 2. The van der Waals surface area contributed by atoms with Crippen LogP contribution in [0.1, 0.15) is 11.1 Å². The maximum atomic E-state index is 12.7. The molecule has 0 N–H and O–H groups in total. The van der Waals surface area contributed by atoms with E-state index in [4.69, 9.17) is 0 Å². The SMILES string of the molecule is Cc1cccc(CN2CCN(C(=O)CN3CCN(C(=O)N(C)C)CC3)CC2)c1. The third kappa shape index (κ3) is 5.45. The molecular weight excluding hydrogens is 354 g/mol. The van der Waals surface area contributed by atoms with E-state index in [0.717, 1.165) is 45.8 Å². The van der Waals surface area contributed by atoms with Crippen molar-refractivity contribution in [3.63, 3.8) is 0 Å². The molecule has 7 nitrogen and oxygen atoms in total. The summed E-state index contributed by atoms with van der Waals surface area (Å²) in [4.78, 5) is 34.7. The van der Waals surface area contributed by atoms with Crippen LogP contribution in [-0.4, -0.2) is 109 Å². The molecule has 28 heavy (non-hydrogen) atoms. The summed E-state index contributed by atoms with van der Waals surface area (Å²) >= 11 is 0. The molecule has 154 valence electrons. The van der Waals surface area contributed by atoms with E-state index in [1.807, 2.05) is 9.80 Å². The van der Waals surface area contributed by atoms with Crippen LogP contribution in [0, 0.1) is 6.92 Å². The molecule has 0 atom stereocenters. The fourth-order valence-corrected chi connectivity index (χ4v) is 3.90. The summed E-state index contributed by atoms with van der Waals surface area (Å²) in [5, 5.41) is 0. The molecular formula is C21H33N5O2. The van der Waals surface area contributed by atoms with Crippen molar-refractivity contribution in [3.8, 4) is 0 Å². The van der Waals surface area contributed by atoms with E-state index in [9.17, 15) is 9.59 Å². The molecule has 0 aromatic heterocycles. The van der Waals surface area contributed by atoms with Gasteiger partial charge in [0.1, 0.15) is 0 Å². The lowest BCUT2D eigenvalue weighted by Gasteiger charge is -2.38. The Morgan fingerprint density at radius 2 is 1.50 bits per heavy atom. The number of nitrogens with zero attached hydrogens (tertiary/aromatic N) is 5. The molecule has 2 aliphatic heterocycles. The van der Waals surface area contributed by atoms with E-state index in [1.54, 1.807) is 19.0 Å². The molecule has 0 bridgehead atoms. The predicted molar refractivity (Wildman–Crippen MR) is 110 cm³/mol. The van der Waals surface area contributed by atoms with E-state index in [2.05, 4.69) is 41.0 Å². The highest BCUT2D eigenvalue weighted by molar-refractivity contribution is 5.78. The number of urea groups is 1. The summed E-state index contributed by atoms with van der Waals surface area (Å²) in [7, 11) is 3.55. The fraction of sp³-hybridized carbons (Fsp3) is 0.619. The normalized spacial score (nSPS) is 19.0. The molecule has 0 spiro atoms. The maximum Gasteiger partial charge on any atom is 0.319 e. The molecule has 2 saturated heterocycles. The second-order valence-electron chi connectivity index (χ2n) is 8.09. The average Bonchev–Trinajstić information content (AvgIpc) is 2.68. The minimum absolute atomic E-state index is 0.0516. The highest BCUT2D eigenvalue weighted by Gasteiger charge is 2.26. The number of benzene rings is 1. The van der Waals surface area contributed by atoms with Gasteiger partial charge < -0.3 is 14.7 Å². The van der Waals surface area contributed by atoms with Gasteiger partial charge in [0, 0.05) is 73.0 Å². The van der Waals surface area contributed by atoms with Gasteiger partial charge >= 0.3 is 6.03 Å². The molecule has 1 aromatic carbocycles. The third-order valence-electron chi connectivity index (χ3n) is 5.60. The first-order valence-electron chi connectivity index (χ1n) is 10.2. The van der Waals surface area contributed by atoms with Crippen LogP contribution in [0.2, 0.25) is 0 Å². The Morgan fingerprint density at radius 3 is 2.11 bits per heavy atom. The van der Waals surface area contributed by atoms with Crippen LogP contribution in [-0.2, 0) is 11.3 Å². The Kier molecular flexibility index (Phi) is 6.91. The Balaban J connectivity index is 1.39. The van der Waals surface area contributed by atoms with Crippen molar-refractivity contribution >= 4 is 11.9 Å². The van der Waals surface area contributed by atoms with Gasteiger partial charge in [0.25, 0.3) is 0 Å². The molecule has 7 heteroatoms. The van der Waals surface area contributed by atoms with Gasteiger partial charge in [-0.1, -0.05) is 29.8 Å². The molecule has 2 fully saturated rings. The summed E-state index contributed by atoms with van der Waals surface area (Å²) in [6, 6.07) is 8.69. The lowest BCUT2D eigenvalue weighted by atomic mass is 10.1. The van der Waals surface area contributed by atoms with E-state index >= 15 is 0 Å². The number of hydrogen-bond acceptors (Lipinski definition) is 4. The van der Waals surface area contributed by atoms with Crippen LogP contribution < -0.4 is 0 Å². The Labute approximate surface area is 168 Å². The average molecular weight is 388 g/mol. The smallest absolute Gasteiger partial charge is 0.319 e. The lowest BCUT2D eigenvalue weighted by Crippen LogP contribution is -2.55. The van der Waals surface area contributed by atoms with Gasteiger partial charge in [0.05, 0.1) is 6.54 Å². The Morgan fingerprint density at radius 1 is 0.893 bits per heavy atom. The van der Waals surface area contributed by atoms with Gasteiger partial charge in [-0.3, -0.25) is 14.6 Å². The van der Waals surface area contributed by atoms with Crippen molar-refractivity contribution in [2.45, 2.75) is 13.5 Å². The van der Waals surface area contributed by atoms with Crippen LogP contribution in [0.15, 0.2) is 24.3 Å². The van der Waals surface area contributed by atoms with Gasteiger partial charge in [-0.15, -0.1) is 0 Å². The summed E-state index contributed by atoms with van der Waals surface area (Å²) in [6.45, 7) is 9.87. The Bertz CT molecular complexity index is 677. The zero-order valence-electron chi connectivity index (χ0n) is 17.4. The highest BCUT2D eigenvalue weighted by atomic mass is 16.2. The Hall–Kier alpha value is -2.12. The van der Waals surface area contributed by atoms with Crippen molar-refractivity contribution in [1.29, 1.82) is 0 Å². The summed E-state index contributed by atoms with van der Waals surface area (Å²) < 4.78 is 0. The van der Waals surface area contributed by atoms with Crippen molar-refractivity contribution in [2.75, 3.05) is 73.0 Å². The number of carbonyl (C=O) groups is 2. The molecule has 3 amide bonds. The van der Waals surface area contributed by atoms with Gasteiger partial charge in [-0.25, -0.2) is 4.79 Å². The minimum Gasteiger partial charge on any atom is -0.339 e. The van der Waals surface area contributed by atoms with Gasteiger partial charge in [-0.2, -0.15) is 0 Å². The maximum absolute atomic E-state index is 12.7. The van der Waals surface area contributed by atoms with Gasteiger partial charge in [-0.05, 0) is 12.5 Å². The fourth-order valence-electron chi connectivity index (χ4n) is 3.90. The van der Waals surface area contributed by atoms with Gasteiger partial charge in [0.2, 0.25) is 5.91 Å². The molecule has 2 aliphatic rings. The van der Waals surface area contributed by atoms with E-state index in [0.29, 0.717) is 19.6 Å². The first-order chi connectivity index (χ1) is 13.4. The standard InChI is InChI=1S/C21H33N5O2/c1-18-5-4-6-19(15-18)16-23-7-11-25(12-8-23)20(27)17-24-9-13-26(14-10-24)21(28)22(2)3/h4-6,15H,7-14,16-17H2,1-3H3. The molecule has 0 saturated carbocycles. The number of amides is 3. The molecule has 0 aliphatic carbocycles. The number of carbonyl (C=O) groups excluding carboxylic acids is 2. The van der Waals surface area contributed by atoms with Crippen LogP contribution in [0.5, 0.6) is 0 Å². The van der Waals surface area contributed by atoms with E-state index in [1.165, 1.54) is 11.1 Å². The van der Waals surface area contributed by atoms with E-state index < -0.39 is 0 Å². The summed E-state index contributed by atoms with van der Waals surface area (Å²) in [5.41, 5.74) is 2.63. The zero-order valence-corrected chi connectivity index (χ0v) is 17.4. The first-order valence-corrected chi connectivity index (χ1v) is 10.2. The number of rotatable bonds is 4. The number of aryl methyl sites for hydroxylation is 1. The van der Waals surface area contributed by atoms with Crippen molar-refractivity contribution in [2.24, 2.45) is 0 Å². The lowest BCUT2D eigenvalue weighted by molar-refractivity contribution is -0.134. The largest absolute Gasteiger partial charge is 0.339 e. The van der Waals surface area contributed by atoms with Crippen LogP contribution in [0.4, 0.5) is 4.79 Å². The zero-order chi connectivity index (χ0) is 20.1. The van der Waals surface area contributed by atoms with Crippen LogP contribution in [0.3, 0.4) is 0 Å². The van der Waals surface area contributed by atoms with Crippen LogP contribution in [0.25, 0.3) is 0 Å². The minimum atomic E-state index is 0.0516. The van der Waals surface area contributed by atoms with Crippen LogP contribution >= 0.6 is 0 Å². The monoisotopic (exact) mass is 387 g/mol. The number of hydrogen-bond donors (Lipinski definition) is 0. The molecule has 1 aromatic rings. The molecule has 0 unspecified atom stereocenters. The first kappa shape index (κ1) is 20.6. The quantitative estimate of drug-likeness (QED) is 0.772. The third-order valence-corrected chi connectivity index (χ3v) is 5.60. The molecule has 3 rings (SSSR count). The topological polar surface area (TPSA) is 50.3 Å². The highest BCUT2D eigenvalue weighted by Crippen LogP contribution is 2.11. The second kappa shape index (κ2) is 9.39. The van der Waals surface area contributed by atoms with Crippen molar-refractivity contribution < 1.29 is 9.59 Å². The van der Waals surface area contributed by atoms with Crippen molar-refractivity contribution in [3.05, 3.63) is 35.4 Å². The predicted octanol–water partition coefficient (Wildman–Crippen LogP) is 0.938. The second-order valence-corrected chi connectivity index (χ2v) is 8.09.